The fourth-order valence-corrected chi connectivity index (χ4v) is 0.971. The summed E-state index contributed by atoms with van der Waals surface area (Å²) < 4.78 is 5.99. The van der Waals surface area contributed by atoms with E-state index in [-0.39, 0.29) is 6.42 Å². The number of aryl methyl sites for hydroxylation is 1. The molecule has 1 rings (SSSR count). The van der Waals surface area contributed by atoms with Crippen LogP contribution < -0.4 is 0 Å². The molecule has 0 aromatic carbocycles. The van der Waals surface area contributed by atoms with E-state index < -0.39 is 12.1 Å². The highest BCUT2D eigenvalue weighted by atomic mass is 16.5. The van der Waals surface area contributed by atoms with E-state index in [0.29, 0.717) is 5.56 Å². The van der Waals surface area contributed by atoms with E-state index in [9.17, 15) is 9.90 Å². The Morgan fingerprint density at radius 2 is 2.54 bits per heavy atom. The lowest BCUT2D eigenvalue weighted by Crippen LogP contribution is -2.07. The zero-order chi connectivity index (χ0) is 9.84. The lowest BCUT2D eigenvalue weighted by molar-refractivity contribution is -0.142. The van der Waals surface area contributed by atoms with Gasteiger partial charge >= 0.3 is 5.97 Å². The van der Waals surface area contributed by atoms with Gasteiger partial charge in [-0.1, -0.05) is 0 Å². The second-order valence-corrected chi connectivity index (χ2v) is 2.74. The monoisotopic (exact) mass is 184 g/mol. The van der Waals surface area contributed by atoms with Crippen LogP contribution in [0.25, 0.3) is 0 Å². The summed E-state index contributed by atoms with van der Waals surface area (Å²) in [6, 6.07) is 0. The minimum Gasteiger partial charge on any atom is -0.469 e. The highest BCUT2D eigenvalue weighted by Crippen LogP contribution is 2.15. The predicted molar refractivity (Wildman–Crippen MR) is 44.8 cm³/mol. The van der Waals surface area contributed by atoms with Crippen molar-refractivity contribution in [2.45, 2.75) is 12.5 Å². The molecule has 0 fully saturated rings. The van der Waals surface area contributed by atoms with Gasteiger partial charge in [-0.25, -0.2) is 0 Å². The third-order valence-corrected chi connectivity index (χ3v) is 1.70. The Morgan fingerprint density at radius 3 is 3.00 bits per heavy atom. The second-order valence-electron chi connectivity index (χ2n) is 2.74. The van der Waals surface area contributed by atoms with Crippen molar-refractivity contribution in [2.24, 2.45) is 7.05 Å². The molecule has 0 aliphatic carbocycles. The fourth-order valence-electron chi connectivity index (χ4n) is 0.971. The first-order valence-corrected chi connectivity index (χ1v) is 3.87. The molecule has 0 spiro atoms. The number of methoxy groups -OCH3 is 1. The average Bonchev–Trinajstić information content (AvgIpc) is 2.51. The minimum atomic E-state index is -0.832. The Balaban J connectivity index is 2.58. The van der Waals surface area contributed by atoms with Gasteiger partial charge in [-0.2, -0.15) is 5.10 Å². The zero-order valence-corrected chi connectivity index (χ0v) is 7.60. The molecular formula is C8H12N2O3. The van der Waals surface area contributed by atoms with Crippen molar-refractivity contribution in [1.82, 2.24) is 9.78 Å². The van der Waals surface area contributed by atoms with Crippen molar-refractivity contribution in [1.29, 1.82) is 0 Å². The molecule has 0 saturated carbocycles. The SMILES string of the molecule is COC(=O)C[C@H](O)c1cnn(C)c1. The van der Waals surface area contributed by atoms with E-state index in [0.717, 1.165) is 0 Å². The third kappa shape index (κ3) is 2.55. The Labute approximate surface area is 75.9 Å². The Morgan fingerprint density at radius 1 is 1.85 bits per heavy atom. The van der Waals surface area contributed by atoms with E-state index in [4.69, 9.17) is 0 Å². The summed E-state index contributed by atoms with van der Waals surface area (Å²) in [6.07, 6.45) is 2.31. The van der Waals surface area contributed by atoms with Crippen LogP contribution in [0.4, 0.5) is 0 Å². The summed E-state index contributed by atoms with van der Waals surface area (Å²) in [4.78, 5) is 10.8. The maximum atomic E-state index is 10.8. The van der Waals surface area contributed by atoms with E-state index in [1.807, 2.05) is 0 Å². The quantitative estimate of drug-likeness (QED) is 0.672. The fraction of sp³-hybridized carbons (Fsp3) is 0.500. The molecule has 1 heterocycles. The van der Waals surface area contributed by atoms with Crippen LogP contribution in [0.2, 0.25) is 0 Å². The van der Waals surface area contributed by atoms with Gasteiger partial charge in [-0.15, -0.1) is 0 Å². The first kappa shape index (κ1) is 9.73. The summed E-state index contributed by atoms with van der Waals surface area (Å²) in [5.74, 6) is -0.434. The Hall–Kier alpha value is -1.36. The number of carbonyl (C=O) groups excluding carboxylic acids is 1. The molecule has 0 aliphatic heterocycles. The molecule has 1 atom stereocenters. The molecule has 0 unspecified atom stereocenters. The Bertz CT molecular complexity index is 295. The van der Waals surface area contributed by atoms with Gasteiger partial charge in [-0.05, 0) is 0 Å². The number of hydrogen-bond donors (Lipinski definition) is 1. The number of aromatic nitrogens is 2. The number of aliphatic hydroxyl groups is 1. The van der Waals surface area contributed by atoms with Crippen LogP contribution >= 0.6 is 0 Å². The molecule has 1 N–H and O–H groups in total. The van der Waals surface area contributed by atoms with Gasteiger partial charge in [-0.3, -0.25) is 9.48 Å². The number of nitrogens with zero attached hydrogens (tertiary/aromatic N) is 2. The molecule has 5 heteroatoms. The predicted octanol–water partition coefficient (Wildman–Crippen LogP) is 0.0166. The minimum absolute atomic E-state index is 0.0395. The lowest BCUT2D eigenvalue weighted by atomic mass is 10.1. The van der Waals surface area contributed by atoms with Crippen molar-refractivity contribution in [3.8, 4) is 0 Å². The van der Waals surface area contributed by atoms with Gasteiger partial charge < -0.3 is 9.84 Å². The van der Waals surface area contributed by atoms with Crippen molar-refractivity contribution in [3.05, 3.63) is 18.0 Å². The first-order valence-electron chi connectivity index (χ1n) is 3.87. The largest absolute Gasteiger partial charge is 0.469 e. The zero-order valence-electron chi connectivity index (χ0n) is 7.60. The molecule has 0 amide bonds. The molecule has 0 bridgehead atoms. The van der Waals surface area contributed by atoms with Crippen LogP contribution in [-0.2, 0) is 16.6 Å². The van der Waals surface area contributed by atoms with E-state index in [2.05, 4.69) is 9.84 Å². The average molecular weight is 184 g/mol. The molecule has 0 radical (unpaired) electrons. The van der Waals surface area contributed by atoms with Gasteiger partial charge in [0.2, 0.25) is 0 Å². The highest BCUT2D eigenvalue weighted by Gasteiger charge is 2.14. The standard InChI is InChI=1S/C8H12N2O3/c1-10-5-6(4-9-10)7(11)3-8(12)13-2/h4-5,7,11H,3H2,1-2H3/t7-/m0/s1. The molecule has 72 valence electrons. The van der Waals surface area contributed by atoms with Crippen LogP contribution in [0.15, 0.2) is 12.4 Å². The maximum Gasteiger partial charge on any atom is 0.308 e. The van der Waals surface area contributed by atoms with Gasteiger partial charge in [0.05, 0.1) is 25.8 Å². The Kier molecular flexibility index (Phi) is 3.02. The van der Waals surface area contributed by atoms with E-state index in [1.165, 1.54) is 13.3 Å². The van der Waals surface area contributed by atoms with Gasteiger partial charge in [0.25, 0.3) is 0 Å². The topological polar surface area (TPSA) is 64.3 Å². The number of esters is 1. The smallest absolute Gasteiger partial charge is 0.308 e. The molecule has 0 saturated heterocycles. The van der Waals surface area contributed by atoms with E-state index in [1.54, 1.807) is 17.9 Å². The normalized spacial score (nSPS) is 12.5. The summed E-state index contributed by atoms with van der Waals surface area (Å²) in [5.41, 5.74) is 0.618. The van der Waals surface area contributed by atoms with Crippen LogP contribution in [0.1, 0.15) is 18.1 Å². The summed E-state index contributed by atoms with van der Waals surface area (Å²) >= 11 is 0. The molecule has 13 heavy (non-hydrogen) atoms. The van der Waals surface area contributed by atoms with Gasteiger partial charge in [0.1, 0.15) is 0 Å². The lowest BCUT2D eigenvalue weighted by Gasteiger charge is -2.05. The van der Waals surface area contributed by atoms with Crippen LogP contribution in [0.5, 0.6) is 0 Å². The van der Waals surface area contributed by atoms with Crippen molar-refractivity contribution < 1.29 is 14.6 Å². The summed E-state index contributed by atoms with van der Waals surface area (Å²) in [7, 11) is 3.03. The first-order chi connectivity index (χ1) is 6.13. The highest BCUT2D eigenvalue weighted by molar-refractivity contribution is 5.69. The van der Waals surface area contributed by atoms with Crippen molar-refractivity contribution in [2.75, 3.05) is 7.11 Å². The van der Waals surface area contributed by atoms with Crippen molar-refractivity contribution >= 4 is 5.97 Å². The third-order valence-electron chi connectivity index (χ3n) is 1.70. The van der Waals surface area contributed by atoms with E-state index >= 15 is 0 Å². The van der Waals surface area contributed by atoms with Crippen LogP contribution in [0, 0.1) is 0 Å². The second kappa shape index (κ2) is 4.04. The molecule has 0 aliphatic rings. The molecule has 5 nitrogen and oxygen atoms in total. The van der Waals surface area contributed by atoms with Crippen LogP contribution in [0.3, 0.4) is 0 Å². The number of rotatable bonds is 3. The summed E-state index contributed by atoms with van der Waals surface area (Å²) in [6.45, 7) is 0. The van der Waals surface area contributed by atoms with Crippen molar-refractivity contribution in [3.63, 3.8) is 0 Å². The number of ether oxygens (including phenoxy) is 1. The summed E-state index contributed by atoms with van der Waals surface area (Å²) in [5, 5.41) is 13.4. The number of aliphatic hydroxyl groups excluding tert-OH is 1. The molecule has 1 aromatic rings. The van der Waals surface area contributed by atoms with Gasteiger partial charge in [0.15, 0.2) is 0 Å². The molecule has 1 aromatic heterocycles. The number of hydrogen-bond acceptors (Lipinski definition) is 4. The van der Waals surface area contributed by atoms with Gasteiger partial charge in [0, 0.05) is 18.8 Å². The number of carbonyl (C=O) groups is 1. The van der Waals surface area contributed by atoms with Crippen LogP contribution in [-0.4, -0.2) is 28.0 Å². The molecular weight excluding hydrogens is 172 g/mol. The maximum absolute atomic E-state index is 10.8.